The largest absolute Gasteiger partial charge is 0.309 e. The van der Waals surface area contributed by atoms with Crippen molar-refractivity contribution in [3.05, 3.63) is 77.9 Å². The number of hydrogen-bond acceptors (Lipinski definition) is 3. The molecule has 3 aromatic carbocycles. The summed E-state index contributed by atoms with van der Waals surface area (Å²) in [5.74, 6) is 1.13. The molecule has 0 amide bonds. The molecule has 122 valence electrons. The van der Waals surface area contributed by atoms with E-state index in [1.807, 2.05) is 78.5 Å². The standard InChI is InChI=1S/C21H21NOS/c1-22(2)14-15-24-18-12-10-17(11-13-18)21(23)20-9-5-7-16-6-3-4-8-19(16)20/h3-13H,14-15H2,1-2H3. The Morgan fingerprint density at radius 3 is 2.38 bits per heavy atom. The van der Waals surface area contributed by atoms with E-state index in [4.69, 9.17) is 0 Å². The second-order valence-electron chi connectivity index (χ2n) is 6.03. The predicted molar refractivity (Wildman–Crippen MR) is 103 cm³/mol. The van der Waals surface area contributed by atoms with Gasteiger partial charge in [0, 0.05) is 28.3 Å². The Morgan fingerprint density at radius 2 is 1.62 bits per heavy atom. The summed E-state index contributed by atoms with van der Waals surface area (Å²) in [7, 11) is 4.15. The molecule has 0 spiro atoms. The summed E-state index contributed by atoms with van der Waals surface area (Å²) < 4.78 is 0. The number of ketones is 1. The van der Waals surface area contributed by atoms with Gasteiger partial charge in [-0.15, -0.1) is 11.8 Å². The second-order valence-corrected chi connectivity index (χ2v) is 7.20. The number of fused-ring (bicyclic) bond motifs is 1. The van der Waals surface area contributed by atoms with Crippen LogP contribution in [0.3, 0.4) is 0 Å². The smallest absolute Gasteiger partial charge is 0.193 e. The highest BCUT2D eigenvalue weighted by molar-refractivity contribution is 7.99. The predicted octanol–water partition coefficient (Wildman–Crippen LogP) is 4.72. The number of benzene rings is 3. The molecule has 3 heteroatoms. The van der Waals surface area contributed by atoms with E-state index < -0.39 is 0 Å². The van der Waals surface area contributed by atoms with E-state index in [-0.39, 0.29) is 5.78 Å². The number of carbonyl (C=O) groups is 1. The van der Waals surface area contributed by atoms with Crippen molar-refractivity contribution < 1.29 is 4.79 Å². The molecular weight excluding hydrogens is 314 g/mol. The van der Waals surface area contributed by atoms with Gasteiger partial charge in [-0.25, -0.2) is 0 Å². The molecule has 0 bridgehead atoms. The van der Waals surface area contributed by atoms with Gasteiger partial charge in [0.05, 0.1) is 0 Å². The van der Waals surface area contributed by atoms with Gasteiger partial charge in [0.2, 0.25) is 0 Å². The van der Waals surface area contributed by atoms with E-state index in [1.54, 1.807) is 0 Å². The summed E-state index contributed by atoms with van der Waals surface area (Å²) in [4.78, 5) is 16.2. The number of rotatable bonds is 6. The van der Waals surface area contributed by atoms with E-state index in [0.717, 1.165) is 34.2 Å². The summed E-state index contributed by atoms with van der Waals surface area (Å²) in [6.07, 6.45) is 0. The van der Waals surface area contributed by atoms with Crippen molar-refractivity contribution in [2.45, 2.75) is 4.90 Å². The third-order valence-corrected chi connectivity index (χ3v) is 4.95. The van der Waals surface area contributed by atoms with Gasteiger partial charge in [-0.1, -0.05) is 42.5 Å². The summed E-state index contributed by atoms with van der Waals surface area (Å²) in [6, 6.07) is 21.9. The molecule has 0 fully saturated rings. The zero-order valence-electron chi connectivity index (χ0n) is 14.0. The topological polar surface area (TPSA) is 20.3 Å². The quantitative estimate of drug-likeness (QED) is 0.480. The first kappa shape index (κ1) is 16.7. The number of carbonyl (C=O) groups excluding carboxylic acids is 1. The Bertz CT molecular complexity index is 835. The van der Waals surface area contributed by atoms with Crippen molar-refractivity contribution >= 4 is 28.3 Å². The van der Waals surface area contributed by atoms with Gasteiger partial charge in [-0.2, -0.15) is 0 Å². The van der Waals surface area contributed by atoms with Crippen LogP contribution in [0.4, 0.5) is 0 Å². The molecule has 0 radical (unpaired) electrons. The van der Waals surface area contributed by atoms with Crippen LogP contribution in [0, 0.1) is 0 Å². The van der Waals surface area contributed by atoms with Gasteiger partial charge in [-0.05, 0) is 49.1 Å². The van der Waals surface area contributed by atoms with Crippen molar-refractivity contribution in [3.8, 4) is 0 Å². The minimum atomic E-state index is 0.0802. The van der Waals surface area contributed by atoms with Crippen LogP contribution in [0.1, 0.15) is 15.9 Å². The van der Waals surface area contributed by atoms with Crippen molar-refractivity contribution in [1.82, 2.24) is 4.90 Å². The summed E-state index contributed by atoms with van der Waals surface area (Å²) in [5.41, 5.74) is 1.50. The SMILES string of the molecule is CN(C)CCSc1ccc(C(=O)c2cccc3ccccc23)cc1. The van der Waals surface area contributed by atoms with Crippen LogP contribution in [0.25, 0.3) is 10.8 Å². The minimum absolute atomic E-state index is 0.0802. The number of thioether (sulfide) groups is 1. The maximum Gasteiger partial charge on any atom is 0.193 e. The molecule has 0 saturated carbocycles. The molecule has 3 aromatic rings. The Morgan fingerprint density at radius 1 is 0.917 bits per heavy atom. The van der Waals surface area contributed by atoms with Crippen LogP contribution in [0.5, 0.6) is 0 Å². The maximum absolute atomic E-state index is 12.9. The Hall–Kier alpha value is -2.10. The van der Waals surface area contributed by atoms with E-state index in [2.05, 4.69) is 19.0 Å². The normalized spacial score (nSPS) is 11.1. The second kappa shape index (κ2) is 7.65. The number of hydrogen-bond donors (Lipinski definition) is 0. The van der Waals surface area contributed by atoms with Crippen LogP contribution in [-0.2, 0) is 0 Å². The van der Waals surface area contributed by atoms with Crippen molar-refractivity contribution in [1.29, 1.82) is 0 Å². The van der Waals surface area contributed by atoms with E-state index in [0.29, 0.717) is 0 Å². The molecule has 24 heavy (non-hydrogen) atoms. The van der Waals surface area contributed by atoms with Crippen LogP contribution in [-0.4, -0.2) is 37.1 Å². The zero-order valence-corrected chi connectivity index (χ0v) is 14.8. The molecule has 0 aliphatic rings. The average Bonchev–Trinajstić information content (AvgIpc) is 2.61. The highest BCUT2D eigenvalue weighted by Gasteiger charge is 2.12. The fourth-order valence-corrected chi connectivity index (χ4v) is 3.65. The van der Waals surface area contributed by atoms with Crippen LogP contribution in [0.2, 0.25) is 0 Å². The van der Waals surface area contributed by atoms with Gasteiger partial charge >= 0.3 is 0 Å². The molecule has 0 atom stereocenters. The summed E-state index contributed by atoms with van der Waals surface area (Å²) in [5, 5.41) is 2.11. The lowest BCUT2D eigenvalue weighted by atomic mass is 9.97. The molecule has 0 unspecified atom stereocenters. The lowest BCUT2D eigenvalue weighted by molar-refractivity contribution is 0.104. The maximum atomic E-state index is 12.9. The molecular formula is C21H21NOS. The lowest BCUT2D eigenvalue weighted by Gasteiger charge is -2.09. The van der Waals surface area contributed by atoms with Crippen LogP contribution in [0.15, 0.2) is 71.6 Å². The van der Waals surface area contributed by atoms with Crippen LogP contribution < -0.4 is 0 Å². The highest BCUT2D eigenvalue weighted by Crippen LogP contribution is 2.23. The molecule has 0 N–H and O–H groups in total. The molecule has 0 aromatic heterocycles. The average molecular weight is 335 g/mol. The van der Waals surface area contributed by atoms with Crippen molar-refractivity contribution in [2.75, 3.05) is 26.4 Å². The lowest BCUT2D eigenvalue weighted by Crippen LogP contribution is -2.14. The number of nitrogens with zero attached hydrogens (tertiary/aromatic N) is 1. The van der Waals surface area contributed by atoms with E-state index in [1.165, 1.54) is 4.90 Å². The molecule has 2 nitrogen and oxygen atoms in total. The van der Waals surface area contributed by atoms with Gasteiger partial charge in [0.1, 0.15) is 0 Å². The first-order valence-corrected chi connectivity index (χ1v) is 9.04. The van der Waals surface area contributed by atoms with E-state index >= 15 is 0 Å². The van der Waals surface area contributed by atoms with Gasteiger partial charge in [0.15, 0.2) is 5.78 Å². The third kappa shape index (κ3) is 3.86. The zero-order chi connectivity index (χ0) is 16.9. The molecule has 0 saturated heterocycles. The minimum Gasteiger partial charge on any atom is -0.309 e. The summed E-state index contributed by atoms with van der Waals surface area (Å²) >= 11 is 1.81. The van der Waals surface area contributed by atoms with Gasteiger partial charge < -0.3 is 4.90 Å². The van der Waals surface area contributed by atoms with Crippen molar-refractivity contribution in [2.24, 2.45) is 0 Å². The Kier molecular flexibility index (Phi) is 5.34. The fraction of sp³-hybridized carbons (Fsp3) is 0.190. The monoisotopic (exact) mass is 335 g/mol. The summed E-state index contributed by atoms with van der Waals surface area (Å²) in [6.45, 7) is 1.04. The van der Waals surface area contributed by atoms with Gasteiger partial charge in [0.25, 0.3) is 0 Å². The Labute approximate surface area is 147 Å². The van der Waals surface area contributed by atoms with Crippen LogP contribution >= 0.6 is 11.8 Å². The highest BCUT2D eigenvalue weighted by atomic mass is 32.2. The Balaban J connectivity index is 1.80. The first-order chi connectivity index (χ1) is 11.6. The molecule has 0 aliphatic heterocycles. The van der Waals surface area contributed by atoms with Crippen molar-refractivity contribution in [3.63, 3.8) is 0 Å². The molecule has 0 aliphatic carbocycles. The third-order valence-electron chi connectivity index (χ3n) is 3.96. The fourth-order valence-electron chi connectivity index (χ4n) is 2.63. The molecule has 0 heterocycles. The molecule has 3 rings (SSSR count). The van der Waals surface area contributed by atoms with E-state index in [9.17, 15) is 4.79 Å². The first-order valence-electron chi connectivity index (χ1n) is 8.05. The van der Waals surface area contributed by atoms with Gasteiger partial charge in [-0.3, -0.25) is 4.79 Å².